The van der Waals surface area contributed by atoms with Crippen LogP contribution in [0.4, 0.5) is 0 Å². The zero-order valence-electron chi connectivity index (χ0n) is 7.03. The van der Waals surface area contributed by atoms with Gasteiger partial charge < -0.3 is 4.74 Å². The number of cyclic esters (lactones) is 2. The molecule has 0 amide bonds. The third kappa shape index (κ3) is 1.06. The predicted molar refractivity (Wildman–Crippen MR) is 47.4 cm³/mol. The van der Waals surface area contributed by atoms with Gasteiger partial charge in [-0.25, -0.2) is 9.59 Å². The van der Waals surface area contributed by atoms with Crippen molar-refractivity contribution in [3.63, 3.8) is 0 Å². The molecule has 13 heavy (non-hydrogen) atoms. The molecule has 0 spiro atoms. The normalized spacial score (nSPS) is 13.9. The highest BCUT2D eigenvalue weighted by molar-refractivity contribution is 6.54. The standard InChI is InChI=1S/C9H6BO3/c1-10-6-4-2-3-5-7(6)9(12)13-8(5)11/h2-4H,1H3. The topological polar surface area (TPSA) is 43.4 Å². The SMILES string of the molecule is C[B]c1cccc2c1C(=O)OC2=O. The van der Waals surface area contributed by atoms with Crippen LogP contribution in [0.15, 0.2) is 18.2 Å². The van der Waals surface area contributed by atoms with E-state index in [0.29, 0.717) is 11.1 Å². The lowest BCUT2D eigenvalue weighted by Gasteiger charge is -1.98. The fourth-order valence-corrected chi connectivity index (χ4v) is 1.40. The first-order chi connectivity index (χ1) is 6.24. The molecule has 1 heterocycles. The Kier molecular flexibility index (Phi) is 1.69. The zero-order valence-corrected chi connectivity index (χ0v) is 7.03. The lowest BCUT2D eigenvalue weighted by molar-refractivity contribution is 0.0444. The minimum absolute atomic E-state index is 0.362. The van der Waals surface area contributed by atoms with Gasteiger partial charge in [-0.2, -0.15) is 0 Å². The number of hydrogen-bond donors (Lipinski definition) is 0. The fraction of sp³-hybridized carbons (Fsp3) is 0.111. The van der Waals surface area contributed by atoms with E-state index in [4.69, 9.17) is 0 Å². The molecule has 1 aliphatic rings. The first-order valence-corrected chi connectivity index (χ1v) is 3.93. The van der Waals surface area contributed by atoms with E-state index >= 15 is 0 Å². The van der Waals surface area contributed by atoms with Crippen LogP contribution in [0, 0.1) is 0 Å². The Bertz CT molecular complexity index is 398. The van der Waals surface area contributed by atoms with Crippen molar-refractivity contribution in [2.75, 3.05) is 0 Å². The molecule has 1 aromatic carbocycles. The van der Waals surface area contributed by atoms with Crippen molar-refractivity contribution in [3.05, 3.63) is 29.3 Å². The van der Waals surface area contributed by atoms with Gasteiger partial charge >= 0.3 is 11.9 Å². The van der Waals surface area contributed by atoms with Gasteiger partial charge in [-0.3, -0.25) is 0 Å². The van der Waals surface area contributed by atoms with E-state index in [-0.39, 0.29) is 0 Å². The van der Waals surface area contributed by atoms with Gasteiger partial charge in [-0.1, -0.05) is 24.4 Å². The van der Waals surface area contributed by atoms with E-state index in [1.165, 1.54) is 0 Å². The quantitative estimate of drug-likeness (QED) is 0.350. The first-order valence-electron chi connectivity index (χ1n) is 3.93. The smallest absolute Gasteiger partial charge is 0.346 e. The summed E-state index contributed by atoms with van der Waals surface area (Å²) in [6, 6.07) is 5.10. The van der Waals surface area contributed by atoms with E-state index in [1.54, 1.807) is 25.5 Å². The van der Waals surface area contributed by atoms with Crippen LogP contribution < -0.4 is 5.46 Å². The highest BCUT2D eigenvalue weighted by atomic mass is 16.6. The maximum absolute atomic E-state index is 11.2. The number of hydrogen-bond acceptors (Lipinski definition) is 3. The molecule has 0 atom stereocenters. The Balaban J connectivity index is 2.69. The molecule has 63 valence electrons. The van der Waals surface area contributed by atoms with Crippen LogP contribution in [0.3, 0.4) is 0 Å². The van der Waals surface area contributed by atoms with Gasteiger partial charge in [0, 0.05) is 0 Å². The Morgan fingerprint density at radius 1 is 1.23 bits per heavy atom. The Morgan fingerprint density at radius 2 is 2.00 bits per heavy atom. The van der Waals surface area contributed by atoms with E-state index in [9.17, 15) is 9.59 Å². The van der Waals surface area contributed by atoms with E-state index < -0.39 is 11.9 Å². The number of fused-ring (bicyclic) bond motifs is 1. The van der Waals surface area contributed by atoms with Gasteiger partial charge in [-0.05, 0) is 6.07 Å². The second-order valence-electron chi connectivity index (χ2n) is 2.74. The van der Waals surface area contributed by atoms with Gasteiger partial charge in [-0.15, -0.1) is 0 Å². The number of benzene rings is 1. The molecule has 4 heteroatoms. The Hall–Kier alpha value is -1.58. The molecule has 2 rings (SSSR count). The molecular weight excluding hydrogens is 167 g/mol. The van der Waals surface area contributed by atoms with Crippen molar-refractivity contribution in [1.29, 1.82) is 0 Å². The summed E-state index contributed by atoms with van der Waals surface area (Å²) in [5, 5.41) is 0. The summed E-state index contributed by atoms with van der Waals surface area (Å²) >= 11 is 0. The summed E-state index contributed by atoms with van der Waals surface area (Å²) < 4.78 is 4.48. The minimum atomic E-state index is -0.552. The molecule has 1 aliphatic heterocycles. The molecular formula is C9H6BO3. The van der Waals surface area contributed by atoms with Gasteiger partial charge in [0.2, 0.25) is 0 Å². The highest BCUT2D eigenvalue weighted by Crippen LogP contribution is 2.17. The summed E-state index contributed by atoms with van der Waals surface area (Å²) in [7, 11) is 1.78. The van der Waals surface area contributed by atoms with E-state index in [2.05, 4.69) is 4.74 Å². The molecule has 0 saturated heterocycles. The Morgan fingerprint density at radius 3 is 2.69 bits per heavy atom. The van der Waals surface area contributed by atoms with Crippen LogP contribution in [-0.2, 0) is 4.74 Å². The van der Waals surface area contributed by atoms with Crippen molar-refractivity contribution in [2.24, 2.45) is 0 Å². The second kappa shape index (κ2) is 2.73. The number of carbonyl (C=O) groups is 2. The minimum Gasteiger partial charge on any atom is -0.386 e. The first kappa shape index (κ1) is 8.04. The average Bonchev–Trinajstić information content (AvgIpc) is 2.43. The fourth-order valence-electron chi connectivity index (χ4n) is 1.40. The molecule has 0 bridgehead atoms. The summed E-state index contributed by atoms with van der Waals surface area (Å²) in [5.74, 6) is -1.10. The highest BCUT2D eigenvalue weighted by Gasteiger charge is 2.30. The van der Waals surface area contributed by atoms with E-state index in [0.717, 1.165) is 5.46 Å². The summed E-state index contributed by atoms with van der Waals surface area (Å²) in [6.45, 7) is 1.81. The zero-order chi connectivity index (χ0) is 9.42. The number of esters is 2. The second-order valence-corrected chi connectivity index (χ2v) is 2.74. The van der Waals surface area contributed by atoms with E-state index in [1.807, 2.05) is 6.82 Å². The van der Waals surface area contributed by atoms with Crippen LogP contribution in [-0.4, -0.2) is 19.2 Å². The van der Waals surface area contributed by atoms with Crippen molar-refractivity contribution in [1.82, 2.24) is 0 Å². The molecule has 0 fully saturated rings. The molecule has 1 radical (unpaired) electrons. The number of carbonyl (C=O) groups excluding carboxylic acids is 2. The molecule has 0 N–H and O–H groups in total. The van der Waals surface area contributed by atoms with Crippen molar-refractivity contribution < 1.29 is 14.3 Å². The number of rotatable bonds is 1. The Labute approximate surface area is 75.9 Å². The average molecular weight is 173 g/mol. The van der Waals surface area contributed by atoms with Crippen LogP contribution in [0.1, 0.15) is 20.7 Å². The maximum Gasteiger partial charge on any atom is 0.346 e. The summed E-state index contributed by atoms with van der Waals surface area (Å²) in [4.78, 5) is 22.3. The molecule has 0 aromatic heterocycles. The number of ether oxygens (including phenoxy) is 1. The largest absolute Gasteiger partial charge is 0.386 e. The predicted octanol–water partition coefficient (Wildman–Crippen LogP) is 0.375. The third-order valence-corrected chi connectivity index (χ3v) is 2.02. The summed E-state index contributed by atoms with van der Waals surface area (Å²) in [5.41, 5.74) is 1.49. The van der Waals surface area contributed by atoms with Gasteiger partial charge in [0.05, 0.1) is 11.1 Å². The molecule has 0 saturated carbocycles. The lowest BCUT2D eigenvalue weighted by Crippen LogP contribution is -2.19. The van der Waals surface area contributed by atoms with Crippen molar-refractivity contribution in [3.8, 4) is 0 Å². The van der Waals surface area contributed by atoms with Crippen LogP contribution in [0.5, 0.6) is 0 Å². The third-order valence-electron chi connectivity index (χ3n) is 2.02. The summed E-state index contributed by atoms with van der Waals surface area (Å²) in [6.07, 6.45) is 0. The van der Waals surface area contributed by atoms with Crippen molar-refractivity contribution >= 4 is 24.7 Å². The monoisotopic (exact) mass is 173 g/mol. The molecule has 3 nitrogen and oxygen atoms in total. The maximum atomic E-state index is 11.2. The van der Waals surface area contributed by atoms with Gasteiger partial charge in [0.15, 0.2) is 0 Å². The van der Waals surface area contributed by atoms with Gasteiger partial charge in [0.25, 0.3) is 0 Å². The van der Waals surface area contributed by atoms with Crippen LogP contribution in [0.2, 0.25) is 6.82 Å². The molecule has 0 aliphatic carbocycles. The molecule has 1 aromatic rings. The molecule has 0 unspecified atom stereocenters. The lowest BCUT2D eigenvalue weighted by atomic mass is 9.70. The van der Waals surface area contributed by atoms with Crippen LogP contribution >= 0.6 is 0 Å². The van der Waals surface area contributed by atoms with Crippen molar-refractivity contribution in [2.45, 2.75) is 6.82 Å². The van der Waals surface area contributed by atoms with Crippen LogP contribution in [0.25, 0.3) is 0 Å². The van der Waals surface area contributed by atoms with Gasteiger partial charge in [0.1, 0.15) is 7.28 Å².